The maximum atomic E-state index is 12.2. The van der Waals surface area contributed by atoms with E-state index in [1.807, 2.05) is 13.8 Å². The standard InChI is InChI=1S/C14H28F2N2O2/c1-5-9-17-14(2,13(19)20-4)8-6-7-10-18(3)11-12(15)16/h12,17H,5-11H2,1-4H3. The predicted octanol–water partition coefficient (Wildman–Crippen LogP) is 2.28. The molecule has 0 rings (SSSR count). The van der Waals surface area contributed by atoms with Crippen molar-refractivity contribution in [2.75, 3.05) is 33.8 Å². The lowest BCUT2D eigenvalue weighted by Gasteiger charge is -2.28. The molecule has 0 aromatic carbocycles. The molecule has 0 radical (unpaired) electrons. The van der Waals surface area contributed by atoms with Gasteiger partial charge in [0.2, 0.25) is 0 Å². The van der Waals surface area contributed by atoms with Crippen LogP contribution < -0.4 is 5.32 Å². The van der Waals surface area contributed by atoms with Gasteiger partial charge >= 0.3 is 5.97 Å². The first kappa shape index (κ1) is 19.2. The summed E-state index contributed by atoms with van der Waals surface area (Å²) in [5, 5.41) is 3.21. The van der Waals surface area contributed by atoms with E-state index >= 15 is 0 Å². The first-order valence-corrected chi connectivity index (χ1v) is 7.16. The number of hydrogen-bond donors (Lipinski definition) is 1. The smallest absolute Gasteiger partial charge is 0.325 e. The Morgan fingerprint density at radius 2 is 2.05 bits per heavy atom. The van der Waals surface area contributed by atoms with Crippen LogP contribution in [0.1, 0.15) is 39.5 Å². The van der Waals surface area contributed by atoms with Crippen LogP contribution in [0.5, 0.6) is 0 Å². The Morgan fingerprint density at radius 3 is 2.55 bits per heavy atom. The Labute approximate surface area is 120 Å². The van der Waals surface area contributed by atoms with E-state index in [1.165, 1.54) is 7.11 Å². The minimum Gasteiger partial charge on any atom is -0.468 e. The number of alkyl halides is 2. The van der Waals surface area contributed by atoms with Crippen LogP contribution in [0.25, 0.3) is 0 Å². The molecule has 0 fully saturated rings. The molecular formula is C14H28F2N2O2. The summed E-state index contributed by atoms with van der Waals surface area (Å²) in [4.78, 5) is 13.4. The molecule has 1 unspecified atom stereocenters. The Balaban J connectivity index is 4.11. The van der Waals surface area contributed by atoms with Gasteiger partial charge in [0.05, 0.1) is 13.7 Å². The van der Waals surface area contributed by atoms with Crippen molar-refractivity contribution in [3.05, 3.63) is 0 Å². The van der Waals surface area contributed by atoms with Crippen LogP contribution in [0.4, 0.5) is 8.78 Å². The van der Waals surface area contributed by atoms with Gasteiger partial charge in [0.1, 0.15) is 5.54 Å². The van der Waals surface area contributed by atoms with Crippen molar-refractivity contribution in [1.82, 2.24) is 10.2 Å². The average Bonchev–Trinajstić information content (AvgIpc) is 2.39. The van der Waals surface area contributed by atoms with Crippen LogP contribution in [-0.4, -0.2) is 56.6 Å². The van der Waals surface area contributed by atoms with Crippen molar-refractivity contribution in [2.45, 2.75) is 51.5 Å². The quantitative estimate of drug-likeness (QED) is 0.469. The van der Waals surface area contributed by atoms with Crippen molar-refractivity contribution in [3.63, 3.8) is 0 Å². The number of rotatable bonds is 11. The summed E-state index contributed by atoms with van der Waals surface area (Å²) < 4.78 is 29.2. The summed E-state index contributed by atoms with van der Waals surface area (Å²) >= 11 is 0. The SMILES string of the molecule is CCCNC(C)(CCCCN(C)CC(F)F)C(=O)OC. The van der Waals surface area contributed by atoms with Crippen molar-refractivity contribution >= 4 is 5.97 Å². The molecule has 0 heterocycles. The summed E-state index contributed by atoms with van der Waals surface area (Å²) in [6.07, 6.45) is 0.845. The number of nitrogens with one attached hydrogen (secondary N) is 1. The van der Waals surface area contributed by atoms with Gasteiger partial charge < -0.3 is 15.0 Å². The maximum absolute atomic E-state index is 12.2. The van der Waals surface area contributed by atoms with Gasteiger partial charge in [0, 0.05) is 0 Å². The van der Waals surface area contributed by atoms with E-state index in [0.717, 1.165) is 25.8 Å². The lowest BCUT2D eigenvalue weighted by atomic mass is 9.94. The first-order valence-electron chi connectivity index (χ1n) is 7.16. The lowest BCUT2D eigenvalue weighted by molar-refractivity contribution is -0.148. The lowest BCUT2D eigenvalue weighted by Crippen LogP contribution is -2.50. The van der Waals surface area contributed by atoms with Crippen LogP contribution in [0.15, 0.2) is 0 Å². The highest BCUT2D eigenvalue weighted by molar-refractivity contribution is 5.80. The Morgan fingerprint density at radius 1 is 1.40 bits per heavy atom. The van der Waals surface area contributed by atoms with Crippen LogP contribution in [0.2, 0.25) is 0 Å². The van der Waals surface area contributed by atoms with Gasteiger partial charge in [-0.15, -0.1) is 0 Å². The molecule has 0 amide bonds. The maximum Gasteiger partial charge on any atom is 0.325 e. The molecule has 0 saturated carbocycles. The number of esters is 1. The summed E-state index contributed by atoms with van der Waals surface area (Å²) in [5.41, 5.74) is -0.688. The third-order valence-corrected chi connectivity index (χ3v) is 3.32. The zero-order valence-corrected chi connectivity index (χ0v) is 13.0. The van der Waals surface area contributed by atoms with E-state index in [9.17, 15) is 13.6 Å². The fraction of sp³-hybridized carbons (Fsp3) is 0.929. The fourth-order valence-electron chi connectivity index (χ4n) is 2.08. The molecule has 1 N–H and O–H groups in total. The van der Waals surface area contributed by atoms with E-state index in [1.54, 1.807) is 11.9 Å². The van der Waals surface area contributed by atoms with E-state index in [2.05, 4.69) is 5.32 Å². The molecule has 6 heteroatoms. The summed E-state index contributed by atoms with van der Waals surface area (Å²) in [5.74, 6) is -0.271. The average molecular weight is 294 g/mol. The number of carbonyl (C=O) groups excluding carboxylic acids is 1. The highest BCUT2D eigenvalue weighted by Gasteiger charge is 2.32. The number of methoxy groups -OCH3 is 1. The van der Waals surface area contributed by atoms with Crippen LogP contribution in [-0.2, 0) is 9.53 Å². The molecule has 0 aromatic rings. The van der Waals surface area contributed by atoms with E-state index < -0.39 is 12.0 Å². The number of carbonyl (C=O) groups is 1. The Kier molecular flexibility index (Phi) is 9.67. The number of halogens is 2. The Bertz CT molecular complexity index is 278. The van der Waals surface area contributed by atoms with Gasteiger partial charge in [-0.2, -0.15) is 0 Å². The monoisotopic (exact) mass is 294 g/mol. The molecule has 0 saturated heterocycles. The molecular weight excluding hydrogens is 266 g/mol. The molecule has 4 nitrogen and oxygen atoms in total. The third kappa shape index (κ3) is 7.75. The zero-order valence-electron chi connectivity index (χ0n) is 13.0. The molecule has 0 spiro atoms. The predicted molar refractivity (Wildman–Crippen MR) is 76.1 cm³/mol. The van der Waals surface area contributed by atoms with Crippen molar-refractivity contribution in [3.8, 4) is 0 Å². The molecule has 1 atom stereocenters. The molecule has 20 heavy (non-hydrogen) atoms. The van der Waals surface area contributed by atoms with Crippen LogP contribution >= 0.6 is 0 Å². The van der Waals surface area contributed by atoms with Crippen molar-refractivity contribution < 1.29 is 18.3 Å². The molecule has 0 aromatic heterocycles. The van der Waals surface area contributed by atoms with Gasteiger partial charge in [-0.1, -0.05) is 6.92 Å². The normalized spacial score (nSPS) is 14.6. The van der Waals surface area contributed by atoms with Crippen molar-refractivity contribution in [1.29, 1.82) is 0 Å². The van der Waals surface area contributed by atoms with Gasteiger partial charge in [-0.3, -0.25) is 4.79 Å². The van der Waals surface area contributed by atoms with Gasteiger partial charge in [0.15, 0.2) is 0 Å². The summed E-state index contributed by atoms with van der Waals surface area (Å²) in [7, 11) is 3.06. The summed E-state index contributed by atoms with van der Waals surface area (Å²) in [6, 6.07) is 0. The highest BCUT2D eigenvalue weighted by atomic mass is 19.3. The van der Waals surface area contributed by atoms with Crippen LogP contribution in [0, 0.1) is 0 Å². The van der Waals surface area contributed by atoms with E-state index in [-0.39, 0.29) is 12.5 Å². The van der Waals surface area contributed by atoms with Gasteiger partial charge in [-0.05, 0) is 52.7 Å². The molecule has 0 bridgehead atoms. The summed E-state index contributed by atoms with van der Waals surface area (Å²) in [6.45, 7) is 5.01. The number of nitrogens with zero attached hydrogens (tertiary/aromatic N) is 1. The van der Waals surface area contributed by atoms with E-state index in [4.69, 9.17) is 4.74 Å². The zero-order chi connectivity index (χ0) is 15.6. The molecule has 0 aliphatic carbocycles. The second-order valence-electron chi connectivity index (χ2n) is 5.36. The minimum atomic E-state index is -2.30. The van der Waals surface area contributed by atoms with Gasteiger partial charge in [-0.25, -0.2) is 8.78 Å². The van der Waals surface area contributed by atoms with Crippen LogP contribution in [0.3, 0.4) is 0 Å². The molecule has 0 aliphatic heterocycles. The Hall–Kier alpha value is -0.750. The molecule has 120 valence electrons. The molecule has 0 aliphatic rings. The third-order valence-electron chi connectivity index (χ3n) is 3.32. The van der Waals surface area contributed by atoms with Gasteiger partial charge in [0.25, 0.3) is 6.43 Å². The number of ether oxygens (including phenoxy) is 1. The number of hydrogen-bond acceptors (Lipinski definition) is 4. The fourth-order valence-corrected chi connectivity index (χ4v) is 2.08. The van der Waals surface area contributed by atoms with E-state index in [0.29, 0.717) is 13.0 Å². The first-order chi connectivity index (χ1) is 9.35. The minimum absolute atomic E-state index is 0.206. The second kappa shape index (κ2) is 10.0. The largest absolute Gasteiger partial charge is 0.468 e. The second-order valence-corrected chi connectivity index (χ2v) is 5.36. The highest BCUT2D eigenvalue weighted by Crippen LogP contribution is 2.16. The van der Waals surface area contributed by atoms with Crippen molar-refractivity contribution in [2.24, 2.45) is 0 Å². The number of unbranched alkanes of at least 4 members (excludes halogenated alkanes) is 1. The topological polar surface area (TPSA) is 41.6 Å².